The predicted molar refractivity (Wildman–Crippen MR) is 89.9 cm³/mol. The number of hydrogen-bond donors (Lipinski definition) is 3. The maximum Gasteiger partial charge on any atom is 0.239 e. The summed E-state index contributed by atoms with van der Waals surface area (Å²) in [5, 5.41) is 5.43. The molecule has 0 bridgehead atoms. The third-order valence-electron chi connectivity index (χ3n) is 3.44. The second kappa shape index (κ2) is 7.26. The van der Waals surface area contributed by atoms with Crippen LogP contribution in [0.15, 0.2) is 24.3 Å². The van der Waals surface area contributed by atoms with Crippen molar-refractivity contribution in [2.24, 2.45) is 5.41 Å². The van der Waals surface area contributed by atoms with Crippen LogP contribution < -0.4 is 10.6 Å². The summed E-state index contributed by atoms with van der Waals surface area (Å²) < 4.78 is 0. The summed E-state index contributed by atoms with van der Waals surface area (Å²) in [6.45, 7) is 6.01. The van der Waals surface area contributed by atoms with Crippen molar-refractivity contribution < 1.29 is 9.59 Å². The topological polar surface area (TPSA) is 86.9 Å². The Bertz CT molecular complexity index is 652. The van der Waals surface area contributed by atoms with E-state index in [-0.39, 0.29) is 18.4 Å². The molecular weight excluding hydrogens is 292 g/mol. The summed E-state index contributed by atoms with van der Waals surface area (Å²) in [7, 11) is 0. The van der Waals surface area contributed by atoms with Gasteiger partial charge in [-0.25, -0.2) is 4.98 Å². The van der Waals surface area contributed by atoms with Crippen LogP contribution in [0.2, 0.25) is 0 Å². The minimum absolute atomic E-state index is 0.0146. The van der Waals surface area contributed by atoms with Gasteiger partial charge in [-0.1, -0.05) is 32.9 Å². The number of H-pyrrole nitrogens is 1. The molecule has 1 heterocycles. The number of fused-ring (bicyclic) bond motifs is 1. The van der Waals surface area contributed by atoms with E-state index < -0.39 is 5.41 Å². The lowest BCUT2D eigenvalue weighted by molar-refractivity contribution is -0.131. The Kier molecular flexibility index (Phi) is 5.36. The van der Waals surface area contributed by atoms with Crippen LogP contribution in [-0.4, -0.2) is 34.9 Å². The SMILES string of the molecule is CC(C)(C)C(=O)NCC(=O)NCCCc1nc2ccccc2[nH]1. The number of hydrogen-bond acceptors (Lipinski definition) is 3. The van der Waals surface area contributed by atoms with Gasteiger partial charge < -0.3 is 15.6 Å². The van der Waals surface area contributed by atoms with Crippen molar-refractivity contribution in [3.63, 3.8) is 0 Å². The molecule has 0 aliphatic rings. The molecule has 0 saturated carbocycles. The smallest absolute Gasteiger partial charge is 0.239 e. The first-order chi connectivity index (χ1) is 10.9. The van der Waals surface area contributed by atoms with E-state index in [1.165, 1.54) is 0 Å². The Hall–Kier alpha value is -2.37. The number of aromatic nitrogens is 2. The summed E-state index contributed by atoms with van der Waals surface area (Å²) in [6, 6.07) is 7.88. The molecule has 0 fully saturated rings. The first kappa shape index (κ1) is 17.0. The van der Waals surface area contributed by atoms with E-state index in [1.54, 1.807) is 0 Å². The highest BCUT2D eigenvalue weighted by Gasteiger charge is 2.21. The van der Waals surface area contributed by atoms with Crippen LogP contribution in [0.3, 0.4) is 0 Å². The van der Waals surface area contributed by atoms with Gasteiger partial charge in [0.15, 0.2) is 0 Å². The zero-order chi connectivity index (χ0) is 16.9. The molecule has 1 aromatic heterocycles. The zero-order valence-corrected chi connectivity index (χ0v) is 13.9. The van der Waals surface area contributed by atoms with Crippen molar-refractivity contribution >= 4 is 22.8 Å². The van der Waals surface area contributed by atoms with Gasteiger partial charge in [-0.3, -0.25) is 9.59 Å². The van der Waals surface area contributed by atoms with Crippen LogP contribution in [-0.2, 0) is 16.0 Å². The Morgan fingerprint density at radius 3 is 2.61 bits per heavy atom. The Morgan fingerprint density at radius 1 is 1.17 bits per heavy atom. The minimum Gasteiger partial charge on any atom is -0.355 e. The lowest BCUT2D eigenvalue weighted by Gasteiger charge is -2.17. The predicted octanol–water partition coefficient (Wildman–Crippen LogP) is 1.77. The summed E-state index contributed by atoms with van der Waals surface area (Å²) in [5.74, 6) is 0.614. The number of carbonyl (C=O) groups is 2. The molecule has 6 nitrogen and oxygen atoms in total. The summed E-state index contributed by atoms with van der Waals surface area (Å²) in [4.78, 5) is 31.1. The fraction of sp³-hybridized carbons (Fsp3) is 0.471. The molecule has 0 aliphatic heterocycles. The van der Waals surface area contributed by atoms with E-state index in [9.17, 15) is 9.59 Å². The van der Waals surface area contributed by atoms with Crippen LogP contribution in [0, 0.1) is 5.41 Å². The van der Waals surface area contributed by atoms with E-state index in [1.807, 2.05) is 45.0 Å². The number of imidazole rings is 1. The van der Waals surface area contributed by atoms with Crippen molar-refractivity contribution in [3.8, 4) is 0 Å². The quantitative estimate of drug-likeness (QED) is 0.710. The second-order valence-electron chi connectivity index (χ2n) is 6.59. The molecule has 124 valence electrons. The lowest BCUT2D eigenvalue weighted by Crippen LogP contribution is -2.41. The number of nitrogens with zero attached hydrogens (tertiary/aromatic N) is 1. The molecule has 3 N–H and O–H groups in total. The molecule has 2 amide bonds. The van der Waals surface area contributed by atoms with E-state index in [0.29, 0.717) is 6.54 Å². The van der Waals surface area contributed by atoms with Crippen molar-refractivity contribution in [1.82, 2.24) is 20.6 Å². The number of aryl methyl sites for hydroxylation is 1. The normalized spacial score (nSPS) is 11.4. The van der Waals surface area contributed by atoms with Gasteiger partial charge in [-0.05, 0) is 18.6 Å². The van der Waals surface area contributed by atoms with Crippen LogP contribution >= 0.6 is 0 Å². The maximum absolute atomic E-state index is 11.7. The highest BCUT2D eigenvalue weighted by atomic mass is 16.2. The number of nitrogens with one attached hydrogen (secondary N) is 3. The molecule has 0 unspecified atom stereocenters. The Morgan fingerprint density at radius 2 is 1.91 bits per heavy atom. The third kappa shape index (κ3) is 5.09. The highest BCUT2D eigenvalue weighted by molar-refractivity contribution is 5.87. The fourth-order valence-corrected chi connectivity index (χ4v) is 2.10. The number of amides is 2. The van der Waals surface area contributed by atoms with Gasteiger partial charge in [0.05, 0.1) is 17.6 Å². The van der Waals surface area contributed by atoms with E-state index in [2.05, 4.69) is 20.6 Å². The first-order valence-electron chi connectivity index (χ1n) is 7.85. The maximum atomic E-state index is 11.7. The van der Waals surface area contributed by atoms with E-state index in [4.69, 9.17) is 0 Å². The molecule has 2 aromatic rings. The molecular formula is C17H24N4O2. The summed E-state index contributed by atoms with van der Waals surface area (Å²) in [6.07, 6.45) is 1.56. The molecule has 1 aromatic carbocycles. The average molecular weight is 316 g/mol. The monoisotopic (exact) mass is 316 g/mol. The number of para-hydroxylation sites is 2. The van der Waals surface area contributed by atoms with Gasteiger partial charge in [0.25, 0.3) is 0 Å². The van der Waals surface area contributed by atoms with Gasteiger partial charge >= 0.3 is 0 Å². The minimum atomic E-state index is -0.485. The fourth-order valence-electron chi connectivity index (χ4n) is 2.10. The molecule has 0 saturated heterocycles. The Balaban J connectivity index is 1.67. The largest absolute Gasteiger partial charge is 0.355 e. The van der Waals surface area contributed by atoms with Gasteiger partial charge in [0.1, 0.15) is 5.82 Å². The number of aromatic amines is 1. The molecule has 0 atom stereocenters. The Labute approximate surface area is 136 Å². The van der Waals surface area contributed by atoms with E-state index in [0.717, 1.165) is 29.7 Å². The van der Waals surface area contributed by atoms with Crippen LogP contribution in [0.4, 0.5) is 0 Å². The van der Waals surface area contributed by atoms with Crippen LogP contribution in [0.5, 0.6) is 0 Å². The molecule has 0 radical (unpaired) electrons. The van der Waals surface area contributed by atoms with Gasteiger partial charge in [-0.15, -0.1) is 0 Å². The molecule has 0 spiro atoms. The van der Waals surface area contributed by atoms with Gasteiger partial charge in [0.2, 0.25) is 11.8 Å². The van der Waals surface area contributed by atoms with Crippen LogP contribution in [0.1, 0.15) is 33.0 Å². The third-order valence-corrected chi connectivity index (χ3v) is 3.44. The summed E-state index contributed by atoms with van der Waals surface area (Å²) in [5.41, 5.74) is 1.49. The van der Waals surface area contributed by atoms with Crippen molar-refractivity contribution in [3.05, 3.63) is 30.1 Å². The molecule has 6 heteroatoms. The van der Waals surface area contributed by atoms with Crippen molar-refractivity contribution in [1.29, 1.82) is 0 Å². The van der Waals surface area contributed by atoms with Gasteiger partial charge in [-0.2, -0.15) is 0 Å². The van der Waals surface area contributed by atoms with E-state index >= 15 is 0 Å². The zero-order valence-electron chi connectivity index (χ0n) is 13.9. The lowest BCUT2D eigenvalue weighted by atomic mass is 9.96. The molecule has 0 aliphatic carbocycles. The van der Waals surface area contributed by atoms with Crippen LogP contribution in [0.25, 0.3) is 11.0 Å². The second-order valence-corrected chi connectivity index (χ2v) is 6.59. The summed E-state index contributed by atoms with van der Waals surface area (Å²) >= 11 is 0. The molecule has 2 rings (SSSR count). The average Bonchev–Trinajstić information content (AvgIpc) is 2.91. The first-order valence-corrected chi connectivity index (χ1v) is 7.85. The number of rotatable bonds is 6. The van der Waals surface area contributed by atoms with Crippen molar-refractivity contribution in [2.45, 2.75) is 33.6 Å². The standard InChI is InChI=1S/C17H24N4O2/c1-17(2,3)16(23)19-11-15(22)18-10-6-9-14-20-12-7-4-5-8-13(12)21-14/h4-5,7-8H,6,9-11H2,1-3H3,(H,18,22)(H,19,23)(H,20,21). The van der Waals surface area contributed by atoms with Crippen molar-refractivity contribution in [2.75, 3.05) is 13.1 Å². The molecule has 23 heavy (non-hydrogen) atoms. The number of carbonyl (C=O) groups excluding carboxylic acids is 2. The highest BCUT2D eigenvalue weighted by Crippen LogP contribution is 2.12. The van der Waals surface area contributed by atoms with Gasteiger partial charge in [0, 0.05) is 18.4 Å². The number of benzene rings is 1.